The first-order chi connectivity index (χ1) is 15.7. The number of hydrogen-bond acceptors (Lipinski definition) is 6. The second-order valence-electron chi connectivity index (χ2n) is 7.71. The molecule has 0 radical (unpaired) electrons. The van der Waals surface area contributed by atoms with E-state index in [0.717, 1.165) is 5.69 Å². The standard InChI is InChI=1S/C22H23N5O5S/c1-16-21(17(2)26(23-16)18-8-4-3-5-9-18)22(28)24-12-14-25(15-13-24)33(31,32)20-11-7-6-10-19(20)27(29)30/h3-11H,12-15H2,1-2H3. The largest absolute Gasteiger partial charge is 0.336 e. The van der Waals surface area contributed by atoms with Gasteiger partial charge >= 0.3 is 0 Å². The number of piperazine rings is 1. The summed E-state index contributed by atoms with van der Waals surface area (Å²) in [6.45, 7) is 4.04. The van der Waals surface area contributed by atoms with Gasteiger partial charge in [0.25, 0.3) is 11.6 Å². The van der Waals surface area contributed by atoms with Gasteiger partial charge in [0.15, 0.2) is 4.90 Å². The Labute approximate surface area is 191 Å². The van der Waals surface area contributed by atoms with Crippen molar-refractivity contribution in [2.24, 2.45) is 0 Å². The molecule has 33 heavy (non-hydrogen) atoms. The van der Waals surface area contributed by atoms with Gasteiger partial charge in [0.05, 0.1) is 27.6 Å². The maximum absolute atomic E-state index is 13.3. The molecule has 0 saturated carbocycles. The molecule has 2 heterocycles. The van der Waals surface area contributed by atoms with E-state index < -0.39 is 20.6 Å². The number of hydrogen-bond donors (Lipinski definition) is 0. The van der Waals surface area contributed by atoms with Gasteiger partial charge in [0, 0.05) is 32.2 Å². The highest BCUT2D eigenvalue weighted by molar-refractivity contribution is 7.89. The molecule has 0 spiro atoms. The number of amides is 1. The zero-order valence-electron chi connectivity index (χ0n) is 18.2. The third-order valence-electron chi connectivity index (χ3n) is 5.71. The molecule has 0 atom stereocenters. The summed E-state index contributed by atoms with van der Waals surface area (Å²) in [6.07, 6.45) is 0. The quantitative estimate of drug-likeness (QED) is 0.419. The smallest absolute Gasteiger partial charge is 0.289 e. The molecule has 2 aromatic carbocycles. The van der Waals surface area contributed by atoms with E-state index in [1.165, 1.54) is 28.6 Å². The predicted molar refractivity (Wildman–Crippen MR) is 121 cm³/mol. The van der Waals surface area contributed by atoms with Gasteiger partial charge in [-0.2, -0.15) is 9.40 Å². The van der Waals surface area contributed by atoms with Crippen LogP contribution in [0, 0.1) is 24.0 Å². The van der Waals surface area contributed by atoms with Crippen molar-refractivity contribution >= 4 is 21.6 Å². The van der Waals surface area contributed by atoms with Crippen LogP contribution in [0.15, 0.2) is 59.5 Å². The fourth-order valence-corrected chi connectivity index (χ4v) is 5.61. The van der Waals surface area contributed by atoms with Gasteiger partial charge in [-0.25, -0.2) is 13.1 Å². The molecule has 1 aliphatic rings. The molecular formula is C22H23N5O5S. The van der Waals surface area contributed by atoms with Crippen LogP contribution in [-0.2, 0) is 10.0 Å². The minimum absolute atomic E-state index is 0.0467. The summed E-state index contributed by atoms with van der Waals surface area (Å²) in [5.74, 6) is -0.213. The summed E-state index contributed by atoms with van der Waals surface area (Å²) in [4.78, 5) is 25.1. The average Bonchev–Trinajstić information content (AvgIpc) is 3.13. The van der Waals surface area contributed by atoms with E-state index in [1.807, 2.05) is 37.3 Å². The fourth-order valence-electron chi connectivity index (χ4n) is 4.03. The van der Waals surface area contributed by atoms with E-state index >= 15 is 0 Å². The summed E-state index contributed by atoms with van der Waals surface area (Å²) >= 11 is 0. The number of para-hydroxylation sites is 2. The highest BCUT2D eigenvalue weighted by atomic mass is 32.2. The van der Waals surface area contributed by atoms with E-state index in [4.69, 9.17) is 0 Å². The van der Waals surface area contributed by atoms with Crippen LogP contribution in [0.25, 0.3) is 5.69 Å². The maximum Gasteiger partial charge on any atom is 0.289 e. The number of aromatic nitrogens is 2. The zero-order chi connectivity index (χ0) is 23.8. The molecule has 1 aliphatic heterocycles. The molecule has 4 rings (SSSR count). The number of sulfonamides is 1. The van der Waals surface area contributed by atoms with Gasteiger partial charge in [0.1, 0.15) is 0 Å². The number of aryl methyl sites for hydroxylation is 1. The molecule has 1 saturated heterocycles. The zero-order valence-corrected chi connectivity index (χ0v) is 19.0. The Kier molecular flexibility index (Phi) is 6.00. The van der Waals surface area contributed by atoms with Gasteiger partial charge < -0.3 is 4.90 Å². The van der Waals surface area contributed by atoms with Crippen molar-refractivity contribution in [2.75, 3.05) is 26.2 Å². The molecule has 11 heteroatoms. The number of nitro groups is 1. The minimum atomic E-state index is -4.06. The van der Waals surface area contributed by atoms with Crippen LogP contribution in [-0.4, -0.2) is 64.4 Å². The highest BCUT2D eigenvalue weighted by Crippen LogP contribution is 2.27. The monoisotopic (exact) mass is 469 g/mol. The second kappa shape index (κ2) is 8.75. The lowest BCUT2D eigenvalue weighted by atomic mass is 10.1. The lowest BCUT2D eigenvalue weighted by molar-refractivity contribution is -0.387. The van der Waals surface area contributed by atoms with E-state index in [1.54, 1.807) is 16.5 Å². The van der Waals surface area contributed by atoms with E-state index in [9.17, 15) is 23.3 Å². The predicted octanol–water partition coefficient (Wildman–Crippen LogP) is 2.54. The second-order valence-corrected chi connectivity index (χ2v) is 9.62. The van der Waals surface area contributed by atoms with Crippen LogP contribution < -0.4 is 0 Å². The molecule has 172 valence electrons. The normalized spacial score (nSPS) is 14.9. The number of benzene rings is 2. The van der Waals surface area contributed by atoms with Gasteiger partial charge in [0.2, 0.25) is 10.0 Å². The van der Waals surface area contributed by atoms with Gasteiger partial charge in [-0.3, -0.25) is 14.9 Å². The van der Waals surface area contributed by atoms with Crippen molar-refractivity contribution in [2.45, 2.75) is 18.7 Å². The first-order valence-corrected chi connectivity index (χ1v) is 11.8. The Bertz CT molecular complexity index is 1310. The van der Waals surface area contributed by atoms with Crippen molar-refractivity contribution in [3.63, 3.8) is 0 Å². The molecule has 1 amide bonds. The van der Waals surface area contributed by atoms with Crippen LogP contribution in [0.1, 0.15) is 21.7 Å². The summed E-state index contributed by atoms with van der Waals surface area (Å²) in [6, 6.07) is 14.8. The van der Waals surface area contributed by atoms with Crippen LogP contribution in [0.5, 0.6) is 0 Å². The number of rotatable bonds is 5. The Morgan fingerprint density at radius 3 is 2.21 bits per heavy atom. The van der Waals surface area contributed by atoms with Crippen molar-refractivity contribution in [1.29, 1.82) is 0 Å². The molecule has 0 unspecified atom stereocenters. The molecule has 0 aliphatic carbocycles. The van der Waals surface area contributed by atoms with Crippen LogP contribution in [0.2, 0.25) is 0 Å². The number of carbonyl (C=O) groups excluding carboxylic acids is 1. The molecule has 1 aromatic heterocycles. The minimum Gasteiger partial charge on any atom is -0.336 e. The van der Waals surface area contributed by atoms with E-state index in [2.05, 4.69) is 5.10 Å². The Hall–Kier alpha value is -3.57. The van der Waals surface area contributed by atoms with E-state index in [0.29, 0.717) is 17.0 Å². The first-order valence-electron chi connectivity index (χ1n) is 10.4. The maximum atomic E-state index is 13.3. The van der Waals surface area contributed by atoms with Crippen LogP contribution in [0.4, 0.5) is 5.69 Å². The number of carbonyl (C=O) groups is 1. The topological polar surface area (TPSA) is 119 Å². The first kappa shape index (κ1) is 22.6. The summed E-state index contributed by atoms with van der Waals surface area (Å²) in [7, 11) is -4.06. The number of nitro benzene ring substituents is 1. The number of nitrogens with zero attached hydrogens (tertiary/aromatic N) is 5. The molecule has 0 N–H and O–H groups in total. The lowest BCUT2D eigenvalue weighted by Gasteiger charge is -2.34. The SMILES string of the molecule is Cc1nn(-c2ccccc2)c(C)c1C(=O)N1CCN(S(=O)(=O)c2ccccc2[N+](=O)[O-])CC1. The third kappa shape index (κ3) is 4.12. The molecule has 3 aromatic rings. The summed E-state index contributed by atoms with van der Waals surface area (Å²) < 4.78 is 29.0. The molecule has 1 fully saturated rings. The summed E-state index contributed by atoms with van der Waals surface area (Å²) in [5.41, 5.74) is 2.18. The van der Waals surface area contributed by atoms with Crippen LogP contribution >= 0.6 is 0 Å². The Morgan fingerprint density at radius 2 is 1.58 bits per heavy atom. The average molecular weight is 470 g/mol. The third-order valence-corrected chi connectivity index (χ3v) is 7.66. The summed E-state index contributed by atoms with van der Waals surface area (Å²) in [5, 5.41) is 15.8. The Balaban J connectivity index is 1.53. The van der Waals surface area contributed by atoms with Crippen molar-refractivity contribution in [1.82, 2.24) is 19.0 Å². The van der Waals surface area contributed by atoms with Crippen molar-refractivity contribution in [3.8, 4) is 5.69 Å². The Morgan fingerprint density at radius 1 is 0.970 bits per heavy atom. The van der Waals surface area contributed by atoms with E-state index in [-0.39, 0.29) is 37.0 Å². The molecule has 0 bridgehead atoms. The molecular weight excluding hydrogens is 446 g/mol. The van der Waals surface area contributed by atoms with Crippen molar-refractivity contribution in [3.05, 3.63) is 81.7 Å². The van der Waals surface area contributed by atoms with Gasteiger partial charge in [-0.1, -0.05) is 30.3 Å². The van der Waals surface area contributed by atoms with Crippen molar-refractivity contribution < 1.29 is 18.1 Å². The lowest BCUT2D eigenvalue weighted by Crippen LogP contribution is -2.50. The molecule has 10 nitrogen and oxygen atoms in total. The fraction of sp³-hybridized carbons (Fsp3) is 0.273. The van der Waals surface area contributed by atoms with Gasteiger partial charge in [-0.15, -0.1) is 0 Å². The highest BCUT2D eigenvalue weighted by Gasteiger charge is 2.35. The van der Waals surface area contributed by atoms with Gasteiger partial charge in [-0.05, 0) is 32.0 Å². The van der Waals surface area contributed by atoms with Crippen LogP contribution in [0.3, 0.4) is 0 Å².